The van der Waals surface area contributed by atoms with E-state index in [1.807, 2.05) is 13.0 Å². The Morgan fingerprint density at radius 1 is 1.36 bits per heavy atom. The van der Waals surface area contributed by atoms with Gasteiger partial charge in [-0.05, 0) is 37.6 Å². The van der Waals surface area contributed by atoms with Crippen molar-refractivity contribution >= 4 is 23.7 Å². The summed E-state index contributed by atoms with van der Waals surface area (Å²) in [4.78, 5) is 8.36. The molecule has 2 aliphatic heterocycles. The number of hydrogen-bond donors (Lipinski definition) is 1. The molecule has 22 heavy (non-hydrogen) atoms. The normalized spacial score (nSPS) is 25.0. The molecule has 2 saturated heterocycles. The van der Waals surface area contributed by atoms with Gasteiger partial charge in [-0.15, -0.1) is 23.7 Å². The Labute approximate surface area is 141 Å². The highest BCUT2D eigenvalue weighted by molar-refractivity contribution is 7.13. The predicted octanol–water partition coefficient (Wildman–Crippen LogP) is 3.46. The molecule has 2 aromatic rings. The van der Waals surface area contributed by atoms with Crippen LogP contribution in [0.15, 0.2) is 21.9 Å². The first kappa shape index (κ1) is 16.0. The minimum absolute atomic E-state index is 0. The van der Waals surface area contributed by atoms with Gasteiger partial charge < -0.3 is 9.73 Å². The third-order valence-electron chi connectivity index (χ3n) is 4.61. The maximum Gasteiger partial charge on any atom is 0.236 e. The summed E-state index contributed by atoms with van der Waals surface area (Å²) in [5.74, 6) is 1.73. The van der Waals surface area contributed by atoms with Gasteiger partial charge in [0.25, 0.3) is 0 Å². The third kappa shape index (κ3) is 3.23. The Morgan fingerprint density at radius 3 is 3.05 bits per heavy atom. The molecule has 2 aliphatic rings. The summed E-state index contributed by atoms with van der Waals surface area (Å²) in [6.45, 7) is 5.24. The fourth-order valence-electron chi connectivity index (χ4n) is 3.45. The van der Waals surface area contributed by atoms with Crippen molar-refractivity contribution in [3.8, 4) is 10.8 Å². The molecule has 0 aliphatic carbocycles. The Kier molecular flexibility index (Phi) is 4.88. The highest BCUT2D eigenvalue weighted by Gasteiger charge is 2.29. The average Bonchev–Trinajstić information content (AvgIpc) is 3.14. The van der Waals surface area contributed by atoms with E-state index < -0.39 is 0 Å². The zero-order chi connectivity index (χ0) is 14.2. The molecule has 2 atom stereocenters. The third-order valence-corrected chi connectivity index (χ3v) is 5.46. The predicted molar refractivity (Wildman–Crippen MR) is 91.6 cm³/mol. The number of aryl methyl sites for hydroxylation is 1. The van der Waals surface area contributed by atoms with E-state index in [0.29, 0.717) is 6.04 Å². The van der Waals surface area contributed by atoms with E-state index in [4.69, 9.17) is 9.40 Å². The van der Waals surface area contributed by atoms with Crippen LogP contribution in [0.3, 0.4) is 0 Å². The number of nitrogens with one attached hydrogen (secondary N) is 1. The molecule has 2 aromatic heterocycles. The van der Waals surface area contributed by atoms with Crippen LogP contribution in [0.5, 0.6) is 0 Å². The number of halogens is 1. The molecule has 2 fully saturated rings. The van der Waals surface area contributed by atoms with E-state index in [1.54, 1.807) is 11.3 Å². The number of likely N-dealkylation sites (tertiary alicyclic amines) is 1. The molecule has 0 saturated carbocycles. The van der Waals surface area contributed by atoms with Crippen LogP contribution in [0, 0.1) is 6.92 Å². The lowest BCUT2D eigenvalue weighted by Crippen LogP contribution is -2.35. The SMILES string of the molecule is Cc1oc(-c2cccs2)nc1CN1CCC2CCC(C1)N2.Cl. The van der Waals surface area contributed by atoms with Crippen LogP contribution in [-0.4, -0.2) is 35.1 Å². The molecule has 6 heteroatoms. The monoisotopic (exact) mass is 339 g/mol. The molecular weight excluding hydrogens is 318 g/mol. The van der Waals surface area contributed by atoms with Crippen molar-refractivity contribution in [2.75, 3.05) is 13.1 Å². The van der Waals surface area contributed by atoms with Gasteiger partial charge in [0.1, 0.15) is 5.76 Å². The van der Waals surface area contributed by atoms with E-state index in [-0.39, 0.29) is 12.4 Å². The molecule has 0 amide bonds. The van der Waals surface area contributed by atoms with Gasteiger partial charge >= 0.3 is 0 Å². The quantitative estimate of drug-likeness (QED) is 0.929. The molecule has 2 bridgehead atoms. The number of oxazole rings is 1. The smallest absolute Gasteiger partial charge is 0.236 e. The summed E-state index contributed by atoms with van der Waals surface area (Å²) in [6, 6.07) is 5.51. The fourth-order valence-corrected chi connectivity index (χ4v) is 4.10. The van der Waals surface area contributed by atoms with Gasteiger partial charge in [0.05, 0.1) is 10.6 Å². The van der Waals surface area contributed by atoms with Crippen molar-refractivity contribution in [1.82, 2.24) is 15.2 Å². The standard InChI is InChI=1S/C16H21N3OS.ClH/c1-11-14(18-16(20-11)15-3-2-8-21-15)10-19-7-6-12-4-5-13(9-19)17-12;/h2-3,8,12-13,17H,4-7,9-10H2,1H3;1H. The van der Waals surface area contributed by atoms with E-state index in [1.165, 1.54) is 19.3 Å². The second-order valence-corrected chi connectivity index (χ2v) is 7.11. The minimum atomic E-state index is 0. The van der Waals surface area contributed by atoms with Gasteiger partial charge in [0.2, 0.25) is 5.89 Å². The Hall–Kier alpha value is -0.880. The highest BCUT2D eigenvalue weighted by Crippen LogP contribution is 2.27. The maximum atomic E-state index is 5.85. The zero-order valence-electron chi connectivity index (χ0n) is 12.7. The van der Waals surface area contributed by atoms with Gasteiger partial charge in [-0.2, -0.15) is 0 Å². The van der Waals surface area contributed by atoms with Crippen molar-refractivity contribution in [2.24, 2.45) is 0 Å². The number of fused-ring (bicyclic) bond motifs is 2. The van der Waals surface area contributed by atoms with Crippen molar-refractivity contribution in [3.05, 3.63) is 29.0 Å². The second kappa shape index (κ2) is 6.71. The lowest BCUT2D eigenvalue weighted by atomic mass is 10.1. The van der Waals surface area contributed by atoms with E-state index in [9.17, 15) is 0 Å². The molecule has 2 unspecified atom stereocenters. The van der Waals surface area contributed by atoms with Crippen molar-refractivity contribution < 1.29 is 4.42 Å². The summed E-state index contributed by atoms with van der Waals surface area (Å²) in [6.07, 6.45) is 3.93. The van der Waals surface area contributed by atoms with Gasteiger partial charge in [-0.1, -0.05) is 6.07 Å². The van der Waals surface area contributed by atoms with Crippen LogP contribution >= 0.6 is 23.7 Å². The first-order valence-electron chi connectivity index (χ1n) is 7.76. The first-order chi connectivity index (χ1) is 10.3. The van der Waals surface area contributed by atoms with E-state index in [0.717, 1.165) is 47.9 Å². The molecule has 0 radical (unpaired) electrons. The largest absolute Gasteiger partial charge is 0.440 e. The molecule has 4 heterocycles. The second-order valence-electron chi connectivity index (χ2n) is 6.16. The zero-order valence-corrected chi connectivity index (χ0v) is 14.4. The van der Waals surface area contributed by atoms with Crippen LogP contribution in [-0.2, 0) is 6.54 Å². The van der Waals surface area contributed by atoms with Crippen molar-refractivity contribution in [3.63, 3.8) is 0 Å². The summed E-state index contributed by atoms with van der Waals surface area (Å²) >= 11 is 1.68. The molecule has 1 N–H and O–H groups in total. The number of hydrogen-bond acceptors (Lipinski definition) is 5. The van der Waals surface area contributed by atoms with Crippen LogP contribution in [0.25, 0.3) is 10.8 Å². The topological polar surface area (TPSA) is 41.3 Å². The highest BCUT2D eigenvalue weighted by atomic mass is 35.5. The summed E-state index contributed by atoms with van der Waals surface area (Å²) < 4.78 is 5.85. The number of thiophene rings is 1. The Morgan fingerprint density at radius 2 is 2.23 bits per heavy atom. The molecule has 0 spiro atoms. The van der Waals surface area contributed by atoms with Crippen LogP contribution in [0.2, 0.25) is 0 Å². The fraction of sp³-hybridized carbons (Fsp3) is 0.562. The van der Waals surface area contributed by atoms with Crippen LogP contribution in [0.4, 0.5) is 0 Å². The Bertz CT molecular complexity index is 613. The first-order valence-corrected chi connectivity index (χ1v) is 8.64. The van der Waals surface area contributed by atoms with E-state index >= 15 is 0 Å². The number of nitrogens with zero attached hydrogens (tertiary/aromatic N) is 2. The van der Waals surface area contributed by atoms with Gasteiger partial charge in [-0.3, -0.25) is 4.90 Å². The van der Waals surface area contributed by atoms with Crippen LogP contribution < -0.4 is 5.32 Å². The molecule has 4 nitrogen and oxygen atoms in total. The van der Waals surface area contributed by atoms with E-state index in [2.05, 4.69) is 21.7 Å². The van der Waals surface area contributed by atoms with Gasteiger partial charge in [0, 0.05) is 31.7 Å². The maximum absolute atomic E-state index is 5.85. The van der Waals surface area contributed by atoms with Crippen molar-refractivity contribution in [2.45, 2.75) is 44.8 Å². The molecular formula is C16H22ClN3OS. The number of rotatable bonds is 3. The lowest BCUT2D eigenvalue weighted by Gasteiger charge is -2.22. The summed E-state index contributed by atoms with van der Waals surface area (Å²) in [7, 11) is 0. The number of aromatic nitrogens is 1. The average molecular weight is 340 g/mol. The lowest BCUT2D eigenvalue weighted by molar-refractivity contribution is 0.247. The minimum Gasteiger partial charge on any atom is -0.440 e. The van der Waals surface area contributed by atoms with Crippen molar-refractivity contribution in [1.29, 1.82) is 0 Å². The Balaban J connectivity index is 0.00000144. The van der Waals surface area contributed by atoms with Gasteiger partial charge in [-0.25, -0.2) is 4.98 Å². The molecule has 0 aromatic carbocycles. The summed E-state index contributed by atoms with van der Waals surface area (Å²) in [5.41, 5.74) is 1.09. The molecule has 120 valence electrons. The molecule has 4 rings (SSSR count). The summed E-state index contributed by atoms with van der Waals surface area (Å²) in [5, 5.41) is 5.79. The van der Waals surface area contributed by atoms with Crippen LogP contribution in [0.1, 0.15) is 30.7 Å². The van der Waals surface area contributed by atoms with Gasteiger partial charge in [0.15, 0.2) is 0 Å².